The molecule has 2 aromatic rings. The van der Waals surface area contributed by atoms with Gasteiger partial charge < -0.3 is 9.52 Å². The first-order valence-corrected chi connectivity index (χ1v) is 4.96. The third-order valence-electron chi connectivity index (χ3n) is 2.42. The Labute approximate surface area is 88.1 Å². The molecule has 4 heteroatoms. The van der Waals surface area contributed by atoms with Crippen LogP contribution in [-0.4, -0.2) is 14.9 Å². The first-order valence-electron chi connectivity index (χ1n) is 4.96. The van der Waals surface area contributed by atoms with E-state index in [1.54, 1.807) is 23.1 Å². The molecule has 2 aromatic heterocycles. The number of aromatic nitrogens is 2. The zero-order valence-corrected chi connectivity index (χ0v) is 8.84. The minimum absolute atomic E-state index is 0.542. The molecule has 0 saturated carbocycles. The van der Waals surface area contributed by atoms with E-state index in [9.17, 15) is 5.11 Å². The number of aliphatic hydroxyl groups is 1. The molecular formula is C11H14N2O2. The molecule has 4 nitrogen and oxygen atoms in total. The van der Waals surface area contributed by atoms with Crippen LogP contribution in [0.25, 0.3) is 0 Å². The van der Waals surface area contributed by atoms with Gasteiger partial charge in [0.25, 0.3) is 0 Å². The summed E-state index contributed by atoms with van der Waals surface area (Å²) >= 11 is 0. The molecule has 0 aromatic carbocycles. The Hall–Kier alpha value is -1.55. The Bertz CT molecular complexity index is 431. The van der Waals surface area contributed by atoms with Crippen LogP contribution in [0.5, 0.6) is 0 Å². The van der Waals surface area contributed by atoms with E-state index in [0.717, 1.165) is 17.8 Å². The van der Waals surface area contributed by atoms with Gasteiger partial charge in [-0.25, -0.2) is 0 Å². The van der Waals surface area contributed by atoms with E-state index in [0.29, 0.717) is 5.76 Å². The van der Waals surface area contributed by atoms with Gasteiger partial charge >= 0.3 is 0 Å². The maximum Gasteiger partial charge on any atom is 0.153 e. The molecule has 0 saturated heterocycles. The fourth-order valence-corrected chi connectivity index (χ4v) is 1.56. The van der Waals surface area contributed by atoms with Gasteiger partial charge in [0.1, 0.15) is 5.76 Å². The molecule has 2 rings (SSSR count). The van der Waals surface area contributed by atoms with Gasteiger partial charge in [0, 0.05) is 7.05 Å². The SMILES string of the molecule is CCc1cc(C(O)c2ccco2)n(C)n1. The summed E-state index contributed by atoms with van der Waals surface area (Å²) in [6.45, 7) is 2.03. The second kappa shape index (κ2) is 3.90. The predicted octanol–water partition coefficient (Wildman–Crippen LogP) is 1.66. The van der Waals surface area contributed by atoms with Crippen LogP contribution in [0.3, 0.4) is 0 Å². The van der Waals surface area contributed by atoms with Crippen molar-refractivity contribution < 1.29 is 9.52 Å². The zero-order valence-electron chi connectivity index (χ0n) is 8.84. The molecule has 0 fully saturated rings. The van der Waals surface area contributed by atoms with Crippen molar-refractivity contribution in [1.82, 2.24) is 9.78 Å². The molecule has 1 unspecified atom stereocenters. The van der Waals surface area contributed by atoms with Gasteiger partial charge in [-0.3, -0.25) is 4.68 Å². The second-order valence-electron chi connectivity index (χ2n) is 3.46. The van der Waals surface area contributed by atoms with E-state index in [4.69, 9.17) is 4.42 Å². The average Bonchev–Trinajstić information content (AvgIpc) is 2.85. The standard InChI is InChI=1S/C11H14N2O2/c1-3-8-7-9(13(2)12-8)11(14)10-5-4-6-15-10/h4-7,11,14H,3H2,1-2H3. The smallest absolute Gasteiger partial charge is 0.153 e. The van der Waals surface area contributed by atoms with Crippen LogP contribution >= 0.6 is 0 Å². The van der Waals surface area contributed by atoms with Crippen molar-refractivity contribution in [2.45, 2.75) is 19.4 Å². The number of nitrogens with zero attached hydrogens (tertiary/aromatic N) is 2. The van der Waals surface area contributed by atoms with Crippen LogP contribution in [0, 0.1) is 0 Å². The van der Waals surface area contributed by atoms with Crippen molar-refractivity contribution in [2.75, 3.05) is 0 Å². The Kier molecular flexibility index (Phi) is 2.60. The predicted molar refractivity (Wildman–Crippen MR) is 55.4 cm³/mol. The van der Waals surface area contributed by atoms with Crippen molar-refractivity contribution >= 4 is 0 Å². The average molecular weight is 206 g/mol. The lowest BCUT2D eigenvalue weighted by molar-refractivity contribution is 0.180. The number of furan rings is 1. The van der Waals surface area contributed by atoms with Crippen molar-refractivity contribution in [3.63, 3.8) is 0 Å². The number of hydrogen-bond acceptors (Lipinski definition) is 3. The molecule has 0 bridgehead atoms. The lowest BCUT2D eigenvalue weighted by Crippen LogP contribution is -2.05. The van der Waals surface area contributed by atoms with E-state index < -0.39 is 6.10 Å². The topological polar surface area (TPSA) is 51.2 Å². The second-order valence-corrected chi connectivity index (χ2v) is 3.46. The molecule has 15 heavy (non-hydrogen) atoms. The summed E-state index contributed by atoms with van der Waals surface area (Å²) < 4.78 is 6.84. The van der Waals surface area contributed by atoms with Gasteiger partial charge in [0.15, 0.2) is 6.10 Å². The third kappa shape index (κ3) is 1.80. The van der Waals surface area contributed by atoms with Crippen LogP contribution in [-0.2, 0) is 13.5 Å². The Balaban J connectivity index is 2.33. The normalized spacial score (nSPS) is 13.0. The monoisotopic (exact) mass is 206 g/mol. The number of hydrogen-bond donors (Lipinski definition) is 1. The minimum Gasteiger partial charge on any atom is -0.466 e. The summed E-state index contributed by atoms with van der Waals surface area (Å²) in [5.41, 5.74) is 1.72. The first-order chi connectivity index (χ1) is 7.22. The fourth-order valence-electron chi connectivity index (χ4n) is 1.56. The van der Waals surface area contributed by atoms with E-state index in [-0.39, 0.29) is 0 Å². The molecule has 0 spiro atoms. The summed E-state index contributed by atoms with van der Waals surface area (Å²) in [5.74, 6) is 0.542. The van der Waals surface area contributed by atoms with Crippen molar-refractivity contribution in [1.29, 1.82) is 0 Å². The van der Waals surface area contributed by atoms with Crippen molar-refractivity contribution in [2.24, 2.45) is 7.05 Å². The molecule has 0 aliphatic carbocycles. The molecular weight excluding hydrogens is 192 g/mol. The van der Waals surface area contributed by atoms with Crippen LogP contribution < -0.4 is 0 Å². The maximum atomic E-state index is 10.0. The molecule has 0 amide bonds. The highest BCUT2D eigenvalue weighted by Gasteiger charge is 2.17. The highest BCUT2D eigenvalue weighted by molar-refractivity contribution is 5.20. The van der Waals surface area contributed by atoms with Gasteiger partial charge in [-0.1, -0.05) is 6.92 Å². The largest absolute Gasteiger partial charge is 0.466 e. The van der Waals surface area contributed by atoms with Gasteiger partial charge in [-0.15, -0.1) is 0 Å². The number of aryl methyl sites for hydroxylation is 2. The maximum absolute atomic E-state index is 10.0. The van der Waals surface area contributed by atoms with E-state index >= 15 is 0 Å². The summed E-state index contributed by atoms with van der Waals surface area (Å²) in [6, 6.07) is 5.41. The molecule has 0 aliphatic rings. The lowest BCUT2D eigenvalue weighted by atomic mass is 10.2. The third-order valence-corrected chi connectivity index (χ3v) is 2.42. The van der Waals surface area contributed by atoms with Gasteiger partial charge in [-0.2, -0.15) is 5.10 Å². The van der Waals surface area contributed by atoms with Crippen LogP contribution in [0.2, 0.25) is 0 Å². The van der Waals surface area contributed by atoms with Gasteiger partial charge in [0.05, 0.1) is 17.7 Å². The van der Waals surface area contributed by atoms with Crippen LogP contribution in [0.4, 0.5) is 0 Å². The summed E-state index contributed by atoms with van der Waals surface area (Å²) in [7, 11) is 1.82. The van der Waals surface area contributed by atoms with E-state index in [2.05, 4.69) is 5.10 Å². The summed E-state index contributed by atoms with van der Waals surface area (Å²) in [6.07, 6.45) is 1.67. The lowest BCUT2D eigenvalue weighted by Gasteiger charge is -2.07. The molecule has 80 valence electrons. The highest BCUT2D eigenvalue weighted by Crippen LogP contribution is 2.22. The number of rotatable bonds is 3. The zero-order chi connectivity index (χ0) is 10.8. The summed E-state index contributed by atoms with van der Waals surface area (Å²) in [5, 5.41) is 14.3. The quantitative estimate of drug-likeness (QED) is 0.830. The molecule has 0 aliphatic heterocycles. The molecule has 1 N–H and O–H groups in total. The van der Waals surface area contributed by atoms with E-state index in [1.807, 2.05) is 20.0 Å². The van der Waals surface area contributed by atoms with Crippen LogP contribution in [0.1, 0.15) is 30.2 Å². The molecule has 1 atom stereocenters. The minimum atomic E-state index is -0.738. The summed E-state index contributed by atoms with van der Waals surface area (Å²) in [4.78, 5) is 0. The van der Waals surface area contributed by atoms with Crippen molar-refractivity contribution in [3.05, 3.63) is 41.6 Å². The first kappa shape index (κ1) is 9.98. The Morgan fingerprint density at radius 2 is 2.40 bits per heavy atom. The van der Waals surface area contributed by atoms with Crippen LogP contribution in [0.15, 0.2) is 28.9 Å². The number of aliphatic hydroxyl groups excluding tert-OH is 1. The van der Waals surface area contributed by atoms with Gasteiger partial charge in [0.2, 0.25) is 0 Å². The van der Waals surface area contributed by atoms with Gasteiger partial charge in [-0.05, 0) is 24.6 Å². The molecule has 0 radical (unpaired) electrons. The Morgan fingerprint density at radius 3 is 2.93 bits per heavy atom. The highest BCUT2D eigenvalue weighted by atomic mass is 16.4. The van der Waals surface area contributed by atoms with E-state index in [1.165, 1.54) is 0 Å². The fraction of sp³-hybridized carbons (Fsp3) is 0.364. The molecule has 2 heterocycles. The van der Waals surface area contributed by atoms with Crippen molar-refractivity contribution in [3.8, 4) is 0 Å². The Morgan fingerprint density at radius 1 is 1.60 bits per heavy atom.